The molecule has 1 rings (SSSR count). The van der Waals surface area contributed by atoms with E-state index >= 15 is 0 Å². The Morgan fingerprint density at radius 2 is 1.91 bits per heavy atom. The molecule has 1 aromatic carbocycles. The molecule has 0 aromatic heterocycles. The number of aliphatic hydroxyl groups is 1. The molecule has 1 atom stereocenters. The van der Waals surface area contributed by atoms with Gasteiger partial charge in [-0.3, -0.25) is 0 Å². The van der Waals surface area contributed by atoms with Gasteiger partial charge in [0.05, 0.1) is 19.8 Å². The van der Waals surface area contributed by atoms with Crippen LogP contribution in [0.1, 0.15) is 51.5 Å². The number of ether oxygens (including phenoxy) is 2. The molecule has 0 bridgehead atoms. The van der Waals surface area contributed by atoms with E-state index in [4.69, 9.17) is 9.47 Å². The van der Waals surface area contributed by atoms with E-state index in [2.05, 4.69) is 12.2 Å². The van der Waals surface area contributed by atoms with E-state index in [0.717, 1.165) is 30.1 Å². The zero-order valence-corrected chi connectivity index (χ0v) is 14.2. The smallest absolute Gasteiger partial charge is 0.161 e. The highest BCUT2D eigenvalue weighted by atomic mass is 16.5. The molecule has 4 heteroatoms. The number of methoxy groups -OCH3 is 1. The number of hydrogen-bond donors (Lipinski definition) is 2. The first kappa shape index (κ1) is 18.8. The second kappa shape index (κ2) is 11.3. The van der Waals surface area contributed by atoms with Gasteiger partial charge in [0.2, 0.25) is 0 Å². The number of aliphatic hydroxyl groups excluding tert-OH is 1. The molecule has 22 heavy (non-hydrogen) atoms. The SMILES string of the molecule is CCCCCCCOc1ccc(CNCC(C)O)cc1OC. The van der Waals surface area contributed by atoms with Gasteiger partial charge in [-0.25, -0.2) is 0 Å². The van der Waals surface area contributed by atoms with E-state index in [1.807, 2.05) is 18.2 Å². The van der Waals surface area contributed by atoms with E-state index in [1.54, 1.807) is 14.0 Å². The van der Waals surface area contributed by atoms with Gasteiger partial charge in [0.25, 0.3) is 0 Å². The molecule has 0 radical (unpaired) electrons. The van der Waals surface area contributed by atoms with Crippen molar-refractivity contribution in [1.29, 1.82) is 0 Å². The Bertz CT molecular complexity index is 407. The van der Waals surface area contributed by atoms with Crippen molar-refractivity contribution in [2.75, 3.05) is 20.3 Å². The Kier molecular flexibility index (Phi) is 9.67. The van der Waals surface area contributed by atoms with Crippen LogP contribution in [0.4, 0.5) is 0 Å². The van der Waals surface area contributed by atoms with Gasteiger partial charge < -0.3 is 19.9 Å². The summed E-state index contributed by atoms with van der Waals surface area (Å²) in [4.78, 5) is 0. The van der Waals surface area contributed by atoms with Gasteiger partial charge in [0.1, 0.15) is 0 Å². The van der Waals surface area contributed by atoms with E-state index in [1.165, 1.54) is 25.7 Å². The molecule has 0 aliphatic rings. The van der Waals surface area contributed by atoms with Crippen LogP contribution in [0.5, 0.6) is 11.5 Å². The number of hydrogen-bond acceptors (Lipinski definition) is 4. The quantitative estimate of drug-likeness (QED) is 0.580. The van der Waals surface area contributed by atoms with Crippen molar-refractivity contribution in [2.45, 2.75) is 58.6 Å². The van der Waals surface area contributed by atoms with Crippen LogP contribution in [0.15, 0.2) is 18.2 Å². The van der Waals surface area contributed by atoms with Crippen LogP contribution >= 0.6 is 0 Å². The lowest BCUT2D eigenvalue weighted by Gasteiger charge is -2.13. The van der Waals surface area contributed by atoms with Crippen LogP contribution < -0.4 is 14.8 Å². The van der Waals surface area contributed by atoms with E-state index < -0.39 is 0 Å². The average molecular weight is 309 g/mol. The Morgan fingerprint density at radius 3 is 2.59 bits per heavy atom. The van der Waals surface area contributed by atoms with Crippen LogP contribution in [0.25, 0.3) is 0 Å². The summed E-state index contributed by atoms with van der Waals surface area (Å²) in [5, 5.41) is 12.4. The summed E-state index contributed by atoms with van der Waals surface area (Å²) in [5.41, 5.74) is 1.12. The molecule has 4 nitrogen and oxygen atoms in total. The first-order valence-electron chi connectivity index (χ1n) is 8.35. The Labute approximate surface area is 134 Å². The molecule has 0 aliphatic carbocycles. The summed E-state index contributed by atoms with van der Waals surface area (Å²) in [6.45, 7) is 6.01. The standard InChI is InChI=1S/C18H31NO3/c1-4-5-6-7-8-11-22-17-10-9-16(12-18(17)21-3)14-19-13-15(2)20/h9-10,12,15,19-20H,4-8,11,13-14H2,1-3H3. The molecule has 0 aliphatic heterocycles. The minimum atomic E-state index is -0.336. The van der Waals surface area contributed by atoms with Crippen LogP contribution in [0.3, 0.4) is 0 Å². The van der Waals surface area contributed by atoms with Crippen LogP contribution in [-0.2, 0) is 6.54 Å². The lowest BCUT2D eigenvalue weighted by atomic mass is 10.1. The van der Waals surface area contributed by atoms with Gasteiger partial charge in [-0.15, -0.1) is 0 Å². The van der Waals surface area contributed by atoms with Crippen molar-refractivity contribution in [1.82, 2.24) is 5.32 Å². The topological polar surface area (TPSA) is 50.7 Å². The summed E-state index contributed by atoms with van der Waals surface area (Å²) >= 11 is 0. The van der Waals surface area contributed by atoms with E-state index in [-0.39, 0.29) is 6.10 Å². The predicted molar refractivity (Wildman–Crippen MR) is 90.6 cm³/mol. The lowest BCUT2D eigenvalue weighted by molar-refractivity contribution is 0.191. The van der Waals surface area contributed by atoms with Crippen molar-refractivity contribution in [3.63, 3.8) is 0 Å². The second-order valence-corrected chi connectivity index (χ2v) is 5.73. The van der Waals surface area contributed by atoms with Gasteiger partial charge in [0, 0.05) is 13.1 Å². The first-order chi connectivity index (χ1) is 10.7. The lowest BCUT2D eigenvalue weighted by Crippen LogP contribution is -2.23. The third-order valence-electron chi connectivity index (χ3n) is 3.50. The molecule has 0 spiro atoms. The first-order valence-corrected chi connectivity index (χ1v) is 8.35. The fourth-order valence-corrected chi connectivity index (χ4v) is 2.25. The molecule has 0 fully saturated rings. The molecule has 2 N–H and O–H groups in total. The molecule has 126 valence electrons. The summed E-state index contributed by atoms with van der Waals surface area (Å²) < 4.78 is 11.2. The van der Waals surface area contributed by atoms with Gasteiger partial charge in [-0.2, -0.15) is 0 Å². The Balaban J connectivity index is 2.40. The van der Waals surface area contributed by atoms with Gasteiger partial charge in [-0.05, 0) is 31.0 Å². The maximum Gasteiger partial charge on any atom is 0.161 e. The zero-order chi connectivity index (χ0) is 16.2. The number of unbranched alkanes of at least 4 members (excludes halogenated alkanes) is 4. The maximum absolute atomic E-state index is 9.24. The molecule has 1 aromatic rings. The van der Waals surface area contributed by atoms with Crippen molar-refractivity contribution in [3.05, 3.63) is 23.8 Å². The predicted octanol–water partition coefficient (Wildman–Crippen LogP) is 3.51. The van der Waals surface area contributed by atoms with Crippen molar-refractivity contribution < 1.29 is 14.6 Å². The summed E-state index contributed by atoms with van der Waals surface area (Å²) in [7, 11) is 1.66. The fourth-order valence-electron chi connectivity index (χ4n) is 2.25. The Morgan fingerprint density at radius 1 is 1.14 bits per heavy atom. The minimum absolute atomic E-state index is 0.336. The monoisotopic (exact) mass is 309 g/mol. The fraction of sp³-hybridized carbons (Fsp3) is 0.667. The number of benzene rings is 1. The van der Waals surface area contributed by atoms with E-state index in [0.29, 0.717) is 13.1 Å². The highest BCUT2D eigenvalue weighted by Crippen LogP contribution is 2.28. The third kappa shape index (κ3) is 7.66. The summed E-state index contributed by atoms with van der Waals surface area (Å²) in [6, 6.07) is 5.98. The van der Waals surface area contributed by atoms with Crippen LogP contribution in [0, 0.1) is 0 Å². The minimum Gasteiger partial charge on any atom is -0.493 e. The second-order valence-electron chi connectivity index (χ2n) is 5.73. The molecular weight excluding hydrogens is 278 g/mol. The van der Waals surface area contributed by atoms with Crippen molar-refractivity contribution >= 4 is 0 Å². The zero-order valence-electron chi connectivity index (χ0n) is 14.2. The molecule has 0 saturated carbocycles. The molecule has 0 heterocycles. The van der Waals surface area contributed by atoms with Crippen molar-refractivity contribution in [2.24, 2.45) is 0 Å². The highest BCUT2D eigenvalue weighted by Gasteiger charge is 2.06. The average Bonchev–Trinajstić information content (AvgIpc) is 2.51. The van der Waals surface area contributed by atoms with E-state index in [9.17, 15) is 5.11 Å². The summed E-state index contributed by atoms with van der Waals surface area (Å²) in [5.74, 6) is 1.57. The summed E-state index contributed by atoms with van der Waals surface area (Å²) in [6.07, 6.45) is 5.82. The number of nitrogens with one attached hydrogen (secondary N) is 1. The van der Waals surface area contributed by atoms with Gasteiger partial charge in [0.15, 0.2) is 11.5 Å². The molecule has 1 unspecified atom stereocenters. The normalized spacial score (nSPS) is 12.2. The van der Waals surface area contributed by atoms with Gasteiger partial charge in [-0.1, -0.05) is 38.7 Å². The van der Waals surface area contributed by atoms with Crippen LogP contribution in [0.2, 0.25) is 0 Å². The number of rotatable bonds is 12. The van der Waals surface area contributed by atoms with Crippen LogP contribution in [-0.4, -0.2) is 31.5 Å². The largest absolute Gasteiger partial charge is 0.493 e. The van der Waals surface area contributed by atoms with Gasteiger partial charge >= 0.3 is 0 Å². The molecular formula is C18H31NO3. The van der Waals surface area contributed by atoms with Crippen molar-refractivity contribution in [3.8, 4) is 11.5 Å². The molecule has 0 saturated heterocycles. The molecule has 0 amide bonds. The third-order valence-corrected chi connectivity index (χ3v) is 3.50. The maximum atomic E-state index is 9.24. The Hall–Kier alpha value is -1.26. The highest BCUT2D eigenvalue weighted by molar-refractivity contribution is 5.42.